The Hall–Kier alpha value is -1.49. The molecule has 1 atom stereocenters. The average molecular weight is 264 g/mol. The van der Waals surface area contributed by atoms with E-state index in [1.807, 2.05) is 37.3 Å². The van der Waals surface area contributed by atoms with Gasteiger partial charge in [-0.15, -0.1) is 0 Å². The van der Waals surface area contributed by atoms with Crippen molar-refractivity contribution in [3.05, 3.63) is 35.9 Å². The lowest BCUT2D eigenvalue weighted by Gasteiger charge is -2.18. The molecule has 1 aromatic carbocycles. The monoisotopic (exact) mass is 264 g/mol. The van der Waals surface area contributed by atoms with Gasteiger partial charge in [-0.25, -0.2) is 0 Å². The van der Waals surface area contributed by atoms with Gasteiger partial charge in [0.15, 0.2) is 0 Å². The van der Waals surface area contributed by atoms with Crippen LogP contribution in [0.15, 0.2) is 30.3 Å². The Kier molecular flexibility index (Phi) is 4.25. The summed E-state index contributed by atoms with van der Waals surface area (Å²) in [6.45, 7) is 2.76. The summed E-state index contributed by atoms with van der Waals surface area (Å²) < 4.78 is 0. The molecular formula is C13H16N2O2S. The van der Waals surface area contributed by atoms with Gasteiger partial charge in [0.05, 0.1) is 6.04 Å². The molecule has 18 heavy (non-hydrogen) atoms. The van der Waals surface area contributed by atoms with Crippen LogP contribution in [0.25, 0.3) is 0 Å². The third-order valence-corrected chi connectivity index (χ3v) is 3.75. The number of carbonyl (C=O) groups is 2. The molecule has 0 saturated carbocycles. The normalized spacial score (nSPS) is 16.7. The molecule has 1 aliphatic heterocycles. The van der Waals surface area contributed by atoms with Gasteiger partial charge in [-0.3, -0.25) is 9.59 Å². The average Bonchev–Trinajstić information content (AvgIpc) is 2.76. The Labute approximate surface area is 111 Å². The van der Waals surface area contributed by atoms with Crippen molar-refractivity contribution >= 4 is 22.9 Å². The number of benzene rings is 1. The summed E-state index contributed by atoms with van der Waals surface area (Å²) in [6, 6.07) is 9.74. The maximum Gasteiger partial charge on any atom is 0.282 e. The summed E-state index contributed by atoms with van der Waals surface area (Å²) in [5.74, 6) is 0.669. The lowest BCUT2D eigenvalue weighted by Crippen LogP contribution is -2.38. The van der Waals surface area contributed by atoms with E-state index in [0.29, 0.717) is 6.54 Å². The second kappa shape index (κ2) is 5.91. The molecule has 96 valence electrons. The van der Waals surface area contributed by atoms with E-state index in [4.69, 9.17) is 0 Å². The minimum absolute atomic E-state index is 0.00230. The topological polar surface area (TPSA) is 49.4 Å². The summed E-state index contributed by atoms with van der Waals surface area (Å²) in [5, 5.41) is 2.90. The van der Waals surface area contributed by atoms with Crippen molar-refractivity contribution in [3.8, 4) is 0 Å². The molecule has 1 N–H and O–H groups in total. The van der Waals surface area contributed by atoms with Crippen molar-refractivity contribution in [2.45, 2.75) is 13.0 Å². The van der Waals surface area contributed by atoms with Crippen LogP contribution < -0.4 is 5.32 Å². The zero-order valence-corrected chi connectivity index (χ0v) is 11.1. The van der Waals surface area contributed by atoms with Crippen molar-refractivity contribution in [1.29, 1.82) is 0 Å². The fourth-order valence-electron chi connectivity index (χ4n) is 1.85. The van der Waals surface area contributed by atoms with Crippen molar-refractivity contribution in [2.75, 3.05) is 18.8 Å². The molecule has 0 radical (unpaired) electrons. The Morgan fingerprint density at radius 2 is 2.17 bits per heavy atom. The van der Waals surface area contributed by atoms with Crippen molar-refractivity contribution < 1.29 is 9.59 Å². The third kappa shape index (κ3) is 3.26. The number of nitrogens with one attached hydrogen (secondary N) is 1. The molecule has 1 heterocycles. The Morgan fingerprint density at radius 1 is 1.44 bits per heavy atom. The summed E-state index contributed by atoms with van der Waals surface area (Å²) in [7, 11) is 0. The fraction of sp³-hybridized carbons (Fsp3) is 0.385. The second-order valence-electron chi connectivity index (χ2n) is 4.24. The molecule has 5 heteroatoms. The highest BCUT2D eigenvalue weighted by Crippen LogP contribution is 2.17. The number of thioether (sulfide) groups is 1. The number of hydrogen-bond acceptors (Lipinski definition) is 3. The first kappa shape index (κ1) is 13.0. The van der Waals surface area contributed by atoms with Gasteiger partial charge < -0.3 is 10.2 Å². The molecule has 0 aliphatic carbocycles. The predicted molar refractivity (Wildman–Crippen MR) is 72.4 cm³/mol. The van der Waals surface area contributed by atoms with Crippen molar-refractivity contribution in [3.63, 3.8) is 0 Å². The quantitative estimate of drug-likeness (QED) is 0.905. The number of carbonyl (C=O) groups excluding carboxylic acids is 2. The van der Waals surface area contributed by atoms with Gasteiger partial charge in [0.25, 0.3) is 5.24 Å². The van der Waals surface area contributed by atoms with Gasteiger partial charge in [-0.05, 0) is 12.5 Å². The van der Waals surface area contributed by atoms with Crippen LogP contribution in [0.4, 0.5) is 4.79 Å². The third-order valence-electron chi connectivity index (χ3n) is 2.86. The van der Waals surface area contributed by atoms with Gasteiger partial charge >= 0.3 is 0 Å². The Balaban J connectivity index is 1.86. The summed E-state index contributed by atoms with van der Waals surface area (Å²) in [4.78, 5) is 24.8. The van der Waals surface area contributed by atoms with Crippen molar-refractivity contribution in [2.24, 2.45) is 0 Å². The number of amides is 2. The van der Waals surface area contributed by atoms with Gasteiger partial charge in [-0.1, -0.05) is 42.1 Å². The summed E-state index contributed by atoms with van der Waals surface area (Å²) in [5.41, 5.74) is 1.06. The Bertz CT molecular complexity index is 436. The molecule has 0 unspecified atom stereocenters. The van der Waals surface area contributed by atoms with Crippen LogP contribution in [0.5, 0.6) is 0 Å². The van der Waals surface area contributed by atoms with Crippen LogP contribution in [0.3, 0.4) is 0 Å². The zero-order valence-electron chi connectivity index (χ0n) is 10.3. The number of hydrogen-bond donors (Lipinski definition) is 1. The van der Waals surface area contributed by atoms with Crippen molar-refractivity contribution in [1.82, 2.24) is 10.2 Å². The largest absolute Gasteiger partial charge is 0.348 e. The molecule has 2 rings (SSSR count). The Morgan fingerprint density at radius 3 is 2.78 bits per heavy atom. The second-order valence-corrected chi connectivity index (χ2v) is 5.28. The lowest BCUT2D eigenvalue weighted by molar-refractivity contribution is -0.122. The van der Waals surface area contributed by atoms with Crippen LogP contribution >= 0.6 is 11.8 Å². The van der Waals surface area contributed by atoms with Crippen LogP contribution in [-0.4, -0.2) is 34.9 Å². The van der Waals surface area contributed by atoms with E-state index in [0.717, 1.165) is 11.3 Å². The van der Waals surface area contributed by atoms with E-state index in [-0.39, 0.29) is 23.7 Å². The summed E-state index contributed by atoms with van der Waals surface area (Å²) >= 11 is 1.27. The van der Waals surface area contributed by atoms with Crippen LogP contribution in [-0.2, 0) is 4.79 Å². The molecule has 0 aromatic heterocycles. The lowest BCUT2D eigenvalue weighted by atomic mass is 10.1. The highest BCUT2D eigenvalue weighted by Gasteiger charge is 2.23. The molecule has 1 saturated heterocycles. The first-order valence-corrected chi connectivity index (χ1v) is 6.91. The highest BCUT2D eigenvalue weighted by molar-refractivity contribution is 8.13. The van der Waals surface area contributed by atoms with E-state index in [9.17, 15) is 9.59 Å². The molecule has 0 bridgehead atoms. The molecule has 0 spiro atoms. The molecular weight excluding hydrogens is 248 g/mol. The minimum Gasteiger partial charge on any atom is -0.348 e. The van der Waals surface area contributed by atoms with E-state index in [2.05, 4.69) is 5.32 Å². The standard InChI is InChI=1S/C13H16N2O2S/c1-10(11-5-3-2-4-6-11)14-12(16)9-15-7-8-18-13(15)17/h2-6,10H,7-9H2,1H3,(H,14,16)/t10-/m0/s1. The van der Waals surface area contributed by atoms with Gasteiger partial charge in [0, 0.05) is 12.3 Å². The fourth-order valence-corrected chi connectivity index (χ4v) is 2.68. The van der Waals surface area contributed by atoms with E-state index in [1.165, 1.54) is 11.8 Å². The number of nitrogens with zero attached hydrogens (tertiary/aromatic N) is 1. The maximum absolute atomic E-state index is 11.8. The molecule has 1 aliphatic rings. The predicted octanol–water partition coefficient (Wildman–Crippen LogP) is 2.03. The smallest absolute Gasteiger partial charge is 0.282 e. The van der Waals surface area contributed by atoms with Crippen LogP contribution in [0, 0.1) is 0 Å². The van der Waals surface area contributed by atoms with Gasteiger partial charge in [-0.2, -0.15) is 0 Å². The highest BCUT2D eigenvalue weighted by atomic mass is 32.2. The molecule has 2 amide bonds. The van der Waals surface area contributed by atoms with Gasteiger partial charge in [0.1, 0.15) is 6.54 Å². The van der Waals surface area contributed by atoms with Crippen LogP contribution in [0.1, 0.15) is 18.5 Å². The minimum atomic E-state index is -0.109. The number of rotatable bonds is 4. The SMILES string of the molecule is C[C@H](NC(=O)CN1CCSC1=O)c1ccccc1. The van der Waals surface area contributed by atoms with Crippen LogP contribution in [0.2, 0.25) is 0 Å². The summed E-state index contributed by atoms with van der Waals surface area (Å²) in [6.07, 6.45) is 0. The van der Waals surface area contributed by atoms with E-state index < -0.39 is 0 Å². The molecule has 1 aromatic rings. The zero-order chi connectivity index (χ0) is 13.0. The van der Waals surface area contributed by atoms with Gasteiger partial charge in [0.2, 0.25) is 5.91 Å². The first-order chi connectivity index (χ1) is 8.66. The first-order valence-electron chi connectivity index (χ1n) is 5.93. The maximum atomic E-state index is 11.8. The molecule has 4 nitrogen and oxygen atoms in total. The van der Waals surface area contributed by atoms with E-state index in [1.54, 1.807) is 4.90 Å². The molecule has 1 fully saturated rings. The van der Waals surface area contributed by atoms with E-state index >= 15 is 0 Å².